The molecule has 0 aliphatic carbocycles. The van der Waals surface area contributed by atoms with Crippen molar-refractivity contribution in [3.05, 3.63) is 12.7 Å². The van der Waals surface area contributed by atoms with Gasteiger partial charge in [-0.15, -0.1) is 6.58 Å². The highest BCUT2D eigenvalue weighted by Gasteiger charge is 2.04. The molecule has 1 N–H and O–H groups in total. The summed E-state index contributed by atoms with van der Waals surface area (Å²) in [5, 5.41) is 3.31. The smallest absolute Gasteiger partial charge is 0.223 e. The van der Waals surface area contributed by atoms with Crippen LogP contribution in [0.1, 0.15) is 26.2 Å². The third-order valence-corrected chi connectivity index (χ3v) is 2.13. The van der Waals surface area contributed by atoms with E-state index in [9.17, 15) is 4.79 Å². The molecular formula is C11H22N2O. The maximum atomic E-state index is 11.2. The van der Waals surface area contributed by atoms with Crippen molar-refractivity contribution in [2.75, 3.05) is 20.6 Å². The van der Waals surface area contributed by atoms with Crippen LogP contribution in [0.15, 0.2) is 12.7 Å². The van der Waals surface area contributed by atoms with Gasteiger partial charge in [-0.3, -0.25) is 4.79 Å². The second-order valence-corrected chi connectivity index (χ2v) is 3.76. The van der Waals surface area contributed by atoms with Crippen molar-refractivity contribution < 1.29 is 4.79 Å². The van der Waals surface area contributed by atoms with Crippen LogP contribution >= 0.6 is 0 Å². The van der Waals surface area contributed by atoms with Crippen LogP contribution in [0.4, 0.5) is 0 Å². The van der Waals surface area contributed by atoms with Crippen molar-refractivity contribution in [1.82, 2.24) is 10.2 Å². The van der Waals surface area contributed by atoms with Gasteiger partial charge in [-0.1, -0.05) is 6.08 Å². The van der Waals surface area contributed by atoms with Crippen molar-refractivity contribution in [2.45, 2.75) is 32.2 Å². The Labute approximate surface area is 87.2 Å². The average molecular weight is 198 g/mol. The summed E-state index contributed by atoms with van der Waals surface area (Å²) in [4.78, 5) is 12.8. The van der Waals surface area contributed by atoms with Crippen LogP contribution in [0.3, 0.4) is 0 Å². The first kappa shape index (κ1) is 13.2. The van der Waals surface area contributed by atoms with Gasteiger partial charge in [0.1, 0.15) is 0 Å². The molecule has 1 unspecified atom stereocenters. The van der Waals surface area contributed by atoms with Gasteiger partial charge in [0.15, 0.2) is 0 Å². The van der Waals surface area contributed by atoms with Gasteiger partial charge in [-0.2, -0.15) is 0 Å². The number of carbonyl (C=O) groups is 1. The molecule has 0 rings (SSSR count). The lowest BCUT2D eigenvalue weighted by Gasteiger charge is -2.14. The molecule has 0 aromatic rings. The van der Waals surface area contributed by atoms with Crippen molar-refractivity contribution in [3.63, 3.8) is 0 Å². The van der Waals surface area contributed by atoms with E-state index in [2.05, 4.69) is 18.8 Å². The summed E-state index contributed by atoms with van der Waals surface area (Å²) in [5.74, 6) is 0.174. The molecular weight excluding hydrogens is 176 g/mol. The standard InChI is InChI=1S/C11H22N2O/c1-5-6-7-10(2)12-9-8-11(14)13(3)4/h5,10,12H,1,6-9H2,2-4H3. The van der Waals surface area contributed by atoms with Gasteiger partial charge in [-0.25, -0.2) is 0 Å². The van der Waals surface area contributed by atoms with E-state index in [1.54, 1.807) is 19.0 Å². The summed E-state index contributed by atoms with van der Waals surface area (Å²) in [5.41, 5.74) is 0. The minimum absolute atomic E-state index is 0.174. The van der Waals surface area contributed by atoms with Crippen molar-refractivity contribution in [2.24, 2.45) is 0 Å². The van der Waals surface area contributed by atoms with Gasteiger partial charge >= 0.3 is 0 Å². The molecule has 0 aliphatic heterocycles. The summed E-state index contributed by atoms with van der Waals surface area (Å²) >= 11 is 0. The molecule has 0 radical (unpaired) electrons. The van der Waals surface area contributed by atoms with E-state index in [4.69, 9.17) is 0 Å². The SMILES string of the molecule is C=CCCC(C)NCCC(=O)N(C)C. The van der Waals surface area contributed by atoms with Crippen LogP contribution in [0, 0.1) is 0 Å². The first-order valence-corrected chi connectivity index (χ1v) is 5.12. The molecule has 0 spiro atoms. The van der Waals surface area contributed by atoms with Gasteiger partial charge in [-0.05, 0) is 19.8 Å². The number of carbonyl (C=O) groups excluding carboxylic acids is 1. The topological polar surface area (TPSA) is 32.3 Å². The van der Waals surface area contributed by atoms with Crippen LogP contribution in [0.2, 0.25) is 0 Å². The maximum Gasteiger partial charge on any atom is 0.223 e. The van der Waals surface area contributed by atoms with Crippen molar-refractivity contribution in [3.8, 4) is 0 Å². The highest BCUT2D eigenvalue weighted by molar-refractivity contribution is 5.75. The fourth-order valence-corrected chi connectivity index (χ4v) is 1.12. The second kappa shape index (κ2) is 7.56. The zero-order valence-electron chi connectivity index (χ0n) is 9.55. The van der Waals surface area contributed by atoms with Crippen molar-refractivity contribution in [1.29, 1.82) is 0 Å². The highest BCUT2D eigenvalue weighted by Crippen LogP contribution is 1.96. The molecule has 0 fully saturated rings. The Morgan fingerprint density at radius 2 is 2.21 bits per heavy atom. The zero-order chi connectivity index (χ0) is 11.0. The van der Waals surface area contributed by atoms with Crippen LogP contribution in [0.5, 0.6) is 0 Å². The molecule has 0 aliphatic rings. The summed E-state index contributed by atoms with van der Waals surface area (Å²) in [6.07, 6.45) is 4.60. The number of hydrogen-bond donors (Lipinski definition) is 1. The molecule has 0 bridgehead atoms. The lowest BCUT2D eigenvalue weighted by molar-refractivity contribution is -0.128. The zero-order valence-corrected chi connectivity index (χ0v) is 9.55. The molecule has 0 aromatic heterocycles. The van der Waals surface area contributed by atoms with Crippen LogP contribution in [0.25, 0.3) is 0 Å². The Hall–Kier alpha value is -0.830. The Kier molecular flexibility index (Phi) is 7.11. The Morgan fingerprint density at radius 1 is 1.57 bits per heavy atom. The van der Waals surface area contributed by atoms with Crippen molar-refractivity contribution >= 4 is 5.91 Å². The summed E-state index contributed by atoms with van der Waals surface area (Å²) < 4.78 is 0. The third-order valence-electron chi connectivity index (χ3n) is 2.13. The molecule has 0 heterocycles. The minimum atomic E-state index is 0.174. The summed E-state index contributed by atoms with van der Waals surface area (Å²) in [6, 6.07) is 0.461. The summed E-state index contributed by atoms with van der Waals surface area (Å²) in [6.45, 7) is 6.56. The largest absolute Gasteiger partial charge is 0.349 e. The van der Waals surface area contributed by atoms with E-state index in [0.717, 1.165) is 19.4 Å². The molecule has 1 amide bonds. The number of nitrogens with zero attached hydrogens (tertiary/aromatic N) is 1. The van der Waals surface area contributed by atoms with E-state index < -0.39 is 0 Å². The third kappa shape index (κ3) is 6.66. The number of rotatable bonds is 7. The van der Waals surface area contributed by atoms with Crippen LogP contribution in [-0.4, -0.2) is 37.5 Å². The predicted octanol–water partition coefficient (Wildman–Crippen LogP) is 1.41. The lowest BCUT2D eigenvalue weighted by atomic mass is 10.2. The monoisotopic (exact) mass is 198 g/mol. The molecule has 0 saturated heterocycles. The molecule has 0 saturated carbocycles. The first-order valence-electron chi connectivity index (χ1n) is 5.12. The first-order chi connectivity index (χ1) is 6.57. The average Bonchev–Trinajstić information content (AvgIpc) is 2.14. The maximum absolute atomic E-state index is 11.2. The normalized spacial score (nSPS) is 12.2. The Balaban J connectivity index is 3.43. The van der Waals surface area contributed by atoms with E-state index in [1.807, 2.05) is 6.08 Å². The van der Waals surface area contributed by atoms with Crippen LogP contribution < -0.4 is 5.32 Å². The molecule has 3 nitrogen and oxygen atoms in total. The van der Waals surface area contributed by atoms with E-state index in [1.165, 1.54) is 0 Å². The quantitative estimate of drug-likeness (QED) is 0.627. The molecule has 82 valence electrons. The van der Waals surface area contributed by atoms with E-state index in [0.29, 0.717) is 12.5 Å². The van der Waals surface area contributed by atoms with E-state index >= 15 is 0 Å². The number of allylic oxidation sites excluding steroid dienone is 1. The summed E-state index contributed by atoms with van der Waals surface area (Å²) in [7, 11) is 3.56. The molecule has 1 atom stereocenters. The minimum Gasteiger partial charge on any atom is -0.349 e. The Morgan fingerprint density at radius 3 is 2.71 bits per heavy atom. The fourth-order valence-electron chi connectivity index (χ4n) is 1.12. The van der Waals surface area contributed by atoms with Gasteiger partial charge in [0.05, 0.1) is 0 Å². The number of amides is 1. The number of nitrogens with one attached hydrogen (secondary N) is 1. The van der Waals surface area contributed by atoms with Gasteiger partial charge in [0, 0.05) is 33.1 Å². The van der Waals surface area contributed by atoms with Gasteiger partial charge in [0.25, 0.3) is 0 Å². The predicted molar refractivity (Wildman–Crippen MR) is 60.2 cm³/mol. The van der Waals surface area contributed by atoms with Gasteiger partial charge in [0.2, 0.25) is 5.91 Å². The van der Waals surface area contributed by atoms with E-state index in [-0.39, 0.29) is 5.91 Å². The molecule has 14 heavy (non-hydrogen) atoms. The van der Waals surface area contributed by atoms with Gasteiger partial charge < -0.3 is 10.2 Å². The van der Waals surface area contributed by atoms with Crippen LogP contribution in [-0.2, 0) is 4.79 Å². The Bertz CT molecular complexity index is 178. The highest BCUT2D eigenvalue weighted by atomic mass is 16.2. The number of hydrogen-bond acceptors (Lipinski definition) is 2. The second-order valence-electron chi connectivity index (χ2n) is 3.76. The lowest BCUT2D eigenvalue weighted by Crippen LogP contribution is -2.31. The molecule has 3 heteroatoms. The molecule has 0 aromatic carbocycles. The fraction of sp³-hybridized carbons (Fsp3) is 0.727.